The Balaban J connectivity index is 0.00000243. The van der Waals surface area contributed by atoms with E-state index in [1.165, 1.54) is 6.07 Å². The second kappa shape index (κ2) is 9.17. The van der Waals surface area contributed by atoms with Gasteiger partial charge in [0.2, 0.25) is 10.0 Å². The molecule has 0 aliphatic carbocycles. The van der Waals surface area contributed by atoms with E-state index in [4.69, 9.17) is 0 Å². The highest BCUT2D eigenvalue weighted by molar-refractivity contribution is 7.89. The van der Waals surface area contributed by atoms with E-state index in [9.17, 15) is 13.2 Å². The van der Waals surface area contributed by atoms with Crippen LogP contribution in [-0.2, 0) is 10.0 Å². The molecule has 2 saturated heterocycles. The maximum Gasteiger partial charge on any atom is 0.251 e. The summed E-state index contributed by atoms with van der Waals surface area (Å²) >= 11 is 0. The van der Waals surface area contributed by atoms with E-state index >= 15 is 0 Å². The molecule has 0 aromatic heterocycles. The fourth-order valence-corrected chi connectivity index (χ4v) is 5.35. The Bertz CT molecular complexity index is 720. The van der Waals surface area contributed by atoms with Crippen molar-refractivity contribution in [2.75, 3.05) is 19.6 Å². The van der Waals surface area contributed by atoms with Crippen LogP contribution in [0.2, 0.25) is 0 Å². The predicted molar refractivity (Wildman–Crippen MR) is 104 cm³/mol. The molecule has 0 bridgehead atoms. The third-order valence-corrected chi connectivity index (χ3v) is 7.09. The Labute approximate surface area is 162 Å². The molecule has 2 aliphatic rings. The zero-order valence-corrected chi connectivity index (χ0v) is 16.7. The first-order chi connectivity index (χ1) is 12.0. The van der Waals surface area contributed by atoms with Crippen LogP contribution in [0.1, 0.15) is 49.4 Å². The van der Waals surface area contributed by atoms with Crippen LogP contribution >= 0.6 is 12.4 Å². The van der Waals surface area contributed by atoms with Crippen molar-refractivity contribution in [3.8, 4) is 0 Å². The summed E-state index contributed by atoms with van der Waals surface area (Å²) < 4.78 is 27.5. The highest BCUT2D eigenvalue weighted by atomic mass is 35.5. The minimum atomic E-state index is -3.56. The summed E-state index contributed by atoms with van der Waals surface area (Å²) in [6, 6.07) is 6.51. The zero-order chi connectivity index (χ0) is 17.9. The lowest BCUT2D eigenvalue weighted by Crippen LogP contribution is -2.45. The van der Waals surface area contributed by atoms with Crippen LogP contribution in [0.4, 0.5) is 0 Å². The van der Waals surface area contributed by atoms with Gasteiger partial charge in [-0.25, -0.2) is 8.42 Å². The molecule has 2 heterocycles. The quantitative estimate of drug-likeness (QED) is 0.810. The molecule has 8 heteroatoms. The Morgan fingerprint density at radius 2 is 2.04 bits per heavy atom. The number of carbonyl (C=O) groups excluding carboxylic acids is 1. The molecule has 0 radical (unpaired) electrons. The van der Waals surface area contributed by atoms with Crippen LogP contribution in [0.5, 0.6) is 0 Å². The lowest BCUT2D eigenvalue weighted by atomic mass is 10.1. The van der Waals surface area contributed by atoms with Crippen molar-refractivity contribution in [2.45, 2.75) is 56.0 Å². The Kier molecular flexibility index (Phi) is 7.46. The maximum absolute atomic E-state index is 12.9. The summed E-state index contributed by atoms with van der Waals surface area (Å²) in [5.41, 5.74) is 0.399. The van der Waals surface area contributed by atoms with Crippen molar-refractivity contribution in [3.05, 3.63) is 29.8 Å². The molecule has 146 valence electrons. The molecule has 0 saturated carbocycles. The Morgan fingerprint density at radius 3 is 2.73 bits per heavy atom. The number of nitrogens with zero attached hydrogens (tertiary/aromatic N) is 1. The first-order valence-electron chi connectivity index (χ1n) is 9.12. The van der Waals surface area contributed by atoms with Crippen LogP contribution in [0.3, 0.4) is 0 Å². The molecule has 1 aromatic carbocycles. The summed E-state index contributed by atoms with van der Waals surface area (Å²) in [7, 11) is -3.56. The molecule has 2 N–H and O–H groups in total. The first kappa shape index (κ1) is 21.2. The van der Waals surface area contributed by atoms with Crippen molar-refractivity contribution in [3.63, 3.8) is 0 Å². The minimum absolute atomic E-state index is 0. The van der Waals surface area contributed by atoms with E-state index in [1.54, 1.807) is 22.5 Å². The smallest absolute Gasteiger partial charge is 0.251 e. The molecule has 1 amide bonds. The van der Waals surface area contributed by atoms with Gasteiger partial charge in [0, 0.05) is 30.7 Å². The zero-order valence-electron chi connectivity index (χ0n) is 15.1. The van der Waals surface area contributed by atoms with Gasteiger partial charge in [-0.1, -0.05) is 12.5 Å². The first-order valence-corrected chi connectivity index (χ1v) is 10.6. The number of piperidine rings is 2. The molecule has 2 fully saturated rings. The SMILES string of the molecule is CC1CCCCN1S(=O)(=O)c1cccc(C(=O)NC2CCCNC2)c1.Cl. The van der Waals surface area contributed by atoms with Crippen LogP contribution < -0.4 is 10.6 Å². The summed E-state index contributed by atoms with van der Waals surface area (Å²) in [5, 5.41) is 6.25. The van der Waals surface area contributed by atoms with Crippen LogP contribution in [-0.4, -0.2) is 50.3 Å². The lowest BCUT2D eigenvalue weighted by Gasteiger charge is -2.32. The van der Waals surface area contributed by atoms with Crippen LogP contribution in [0.25, 0.3) is 0 Å². The van der Waals surface area contributed by atoms with E-state index < -0.39 is 10.0 Å². The number of amides is 1. The van der Waals surface area contributed by atoms with Gasteiger partial charge in [0.05, 0.1) is 4.90 Å². The van der Waals surface area contributed by atoms with Gasteiger partial charge in [0.15, 0.2) is 0 Å². The van der Waals surface area contributed by atoms with Crippen molar-refractivity contribution < 1.29 is 13.2 Å². The summed E-state index contributed by atoms with van der Waals surface area (Å²) in [6.45, 7) is 4.24. The molecule has 2 aliphatic heterocycles. The van der Waals surface area contributed by atoms with E-state index in [2.05, 4.69) is 10.6 Å². The van der Waals surface area contributed by atoms with Crippen molar-refractivity contribution in [2.24, 2.45) is 0 Å². The van der Waals surface area contributed by atoms with E-state index in [1.807, 2.05) is 6.92 Å². The molecule has 6 nitrogen and oxygen atoms in total. The minimum Gasteiger partial charge on any atom is -0.348 e. The fraction of sp³-hybridized carbons (Fsp3) is 0.611. The van der Waals surface area contributed by atoms with Gasteiger partial charge in [-0.05, 0) is 57.4 Å². The van der Waals surface area contributed by atoms with Crippen molar-refractivity contribution >= 4 is 28.3 Å². The van der Waals surface area contributed by atoms with Gasteiger partial charge in [-0.15, -0.1) is 12.4 Å². The second-order valence-corrected chi connectivity index (χ2v) is 8.90. The number of rotatable bonds is 4. The van der Waals surface area contributed by atoms with E-state index in [-0.39, 0.29) is 35.3 Å². The monoisotopic (exact) mass is 401 g/mol. The second-order valence-electron chi connectivity index (χ2n) is 7.01. The van der Waals surface area contributed by atoms with Gasteiger partial charge in [0.25, 0.3) is 5.91 Å². The summed E-state index contributed by atoms with van der Waals surface area (Å²) in [4.78, 5) is 12.7. The molecular formula is C18H28ClN3O3S. The molecular weight excluding hydrogens is 374 g/mol. The molecule has 2 atom stereocenters. The van der Waals surface area contributed by atoms with Crippen molar-refractivity contribution in [1.82, 2.24) is 14.9 Å². The molecule has 26 heavy (non-hydrogen) atoms. The van der Waals surface area contributed by atoms with Crippen LogP contribution in [0.15, 0.2) is 29.2 Å². The molecule has 0 spiro atoms. The Morgan fingerprint density at radius 1 is 1.23 bits per heavy atom. The van der Waals surface area contributed by atoms with Gasteiger partial charge in [-0.2, -0.15) is 4.31 Å². The highest BCUT2D eigenvalue weighted by Gasteiger charge is 2.31. The third-order valence-electron chi connectivity index (χ3n) is 5.08. The van der Waals surface area contributed by atoms with E-state index in [0.717, 1.165) is 45.2 Å². The number of nitrogens with one attached hydrogen (secondary N) is 2. The maximum atomic E-state index is 12.9. The number of hydrogen-bond donors (Lipinski definition) is 2. The van der Waals surface area contributed by atoms with Crippen molar-refractivity contribution in [1.29, 1.82) is 0 Å². The van der Waals surface area contributed by atoms with Gasteiger partial charge >= 0.3 is 0 Å². The highest BCUT2D eigenvalue weighted by Crippen LogP contribution is 2.25. The number of benzene rings is 1. The number of halogens is 1. The molecule has 3 rings (SSSR count). The van der Waals surface area contributed by atoms with Gasteiger partial charge in [0.1, 0.15) is 0 Å². The number of carbonyl (C=O) groups is 1. The van der Waals surface area contributed by atoms with Gasteiger partial charge < -0.3 is 10.6 Å². The number of sulfonamides is 1. The topological polar surface area (TPSA) is 78.5 Å². The third kappa shape index (κ3) is 4.76. The summed E-state index contributed by atoms with van der Waals surface area (Å²) in [5.74, 6) is -0.211. The molecule has 2 unspecified atom stereocenters. The average Bonchev–Trinajstić information content (AvgIpc) is 2.63. The predicted octanol–water partition coefficient (Wildman–Crippen LogP) is 2.15. The Hall–Kier alpha value is -1.15. The fourth-order valence-electron chi connectivity index (χ4n) is 3.61. The summed E-state index contributed by atoms with van der Waals surface area (Å²) in [6.07, 6.45) is 4.81. The average molecular weight is 402 g/mol. The van der Waals surface area contributed by atoms with E-state index in [0.29, 0.717) is 12.1 Å². The largest absolute Gasteiger partial charge is 0.348 e. The molecule has 1 aromatic rings. The normalized spacial score (nSPS) is 24.5. The number of hydrogen-bond acceptors (Lipinski definition) is 4. The van der Waals surface area contributed by atoms with Crippen LogP contribution in [0, 0.1) is 0 Å². The lowest BCUT2D eigenvalue weighted by molar-refractivity contribution is 0.0930. The van der Waals surface area contributed by atoms with Gasteiger partial charge in [-0.3, -0.25) is 4.79 Å². The standard InChI is InChI=1S/C18H27N3O3S.ClH/c1-14-6-2-3-11-21(14)25(23,24)17-9-4-7-15(12-17)18(22)20-16-8-5-10-19-13-16;/h4,7,9,12,14,16,19H,2-3,5-6,8,10-11,13H2,1H3,(H,20,22);1H.